The number of hydrogen-bond donors (Lipinski definition) is 7. The molecule has 0 saturated heterocycles. The number of rotatable bonds is 9. The average Bonchev–Trinajstić information content (AvgIpc) is 2.58. The van der Waals surface area contributed by atoms with Crippen molar-refractivity contribution in [1.29, 1.82) is 0 Å². The highest BCUT2D eigenvalue weighted by atomic mass is 16.3. The molecule has 0 aliphatic heterocycles. The molecule has 2 unspecified atom stereocenters. The number of carbonyl (C=O) groups excluding carboxylic acids is 2. The van der Waals surface area contributed by atoms with Gasteiger partial charge in [0.05, 0.1) is 25.4 Å². The lowest BCUT2D eigenvalue weighted by molar-refractivity contribution is 0.0802. The molecule has 0 radical (unpaired) electrons. The molecule has 134 valence electrons. The first-order valence-electron chi connectivity index (χ1n) is 7.42. The van der Waals surface area contributed by atoms with Gasteiger partial charge in [0.15, 0.2) is 0 Å². The van der Waals surface area contributed by atoms with Crippen LogP contribution in [0.2, 0.25) is 0 Å². The van der Waals surface area contributed by atoms with Gasteiger partial charge in [-0.2, -0.15) is 0 Å². The lowest BCUT2D eigenvalue weighted by atomic mass is 10.1. The molecule has 2 amide bonds. The second-order valence-corrected chi connectivity index (χ2v) is 5.27. The van der Waals surface area contributed by atoms with Crippen molar-refractivity contribution in [1.82, 2.24) is 10.6 Å². The molecule has 2 atom stereocenters. The van der Waals surface area contributed by atoms with Crippen molar-refractivity contribution in [3.8, 4) is 0 Å². The first-order chi connectivity index (χ1) is 11.4. The third-order valence-corrected chi connectivity index (χ3v) is 3.16. The predicted molar refractivity (Wildman–Crippen MR) is 86.3 cm³/mol. The molecule has 1 aromatic carbocycles. The number of aliphatic hydroxyl groups excluding tert-OH is 4. The van der Waals surface area contributed by atoms with Crippen LogP contribution in [-0.4, -0.2) is 70.8 Å². The molecule has 24 heavy (non-hydrogen) atoms. The van der Waals surface area contributed by atoms with E-state index in [1.54, 1.807) is 0 Å². The maximum absolute atomic E-state index is 12.0. The van der Waals surface area contributed by atoms with Crippen LogP contribution in [0.3, 0.4) is 0 Å². The molecule has 0 aliphatic rings. The minimum atomic E-state index is -1.07. The van der Waals surface area contributed by atoms with E-state index in [0.29, 0.717) is 0 Å². The van der Waals surface area contributed by atoms with Crippen LogP contribution in [0.1, 0.15) is 27.1 Å². The topological polar surface area (TPSA) is 165 Å². The molecule has 0 aromatic heterocycles. The zero-order valence-corrected chi connectivity index (χ0v) is 13.1. The molecule has 9 nitrogen and oxygen atoms in total. The van der Waals surface area contributed by atoms with Gasteiger partial charge in [-0.3, -0.25) is 9.59 Å². The highest BCUT2D eigenvalue weighted by molar-refractivity contribution is 6.00. The van der Waals surface area contributed by atoms with Crippen LogP contribution >= 0.6 is 0 Å². The second-order valence-electron chi connectivity index (χ2n) is 5.27. The van der Waals surface area contributed by atoms with Crippen molar-refractivity contribution in [2.75, 3.05) is 32.0 Å². The number of benzene rings is 1. The molecular weight excluding hydrogens is 318 g/mol. The van der Waals surface area contributed by atoms with Crippen LogP contribution in [-0.2, 0) is 0 Å². The summed E-state index contributed by atoms with van der Waals surface area (Å²) in [5.74, 6) is -1.02. The molecule has 0 spiro atoms. The fourth-order valence-electron chi connectivity index (χ4n) is 1.84. The van der Waals surface area contributed by atoms with Crippen molar-refractivity contribution in [2.24, 2.45) is 0 Å². The number of hydrogen-bond acceptors (Lipinski definition) is 7. The van der Waals surface area contributed by atoms with E-state index < -0.39 is 37.2 Å². The van der Waals surface area contributed by atoms with E-state index in [2.05, 4.69) is 10.6 Å². The minimum Gasteiger partial charge on any atom is -0.399 e. The first kappa shape index (κ1) is 19.8. The smallest absolute Gasteiger partial charge is 0.251 e. The van der Waals surface area contributed by atoms with Crippen LogP contribution < -0.4 is 16.4 Å². The third-order valence-electron chi connectivity index (χ3n) is 3.16. The minimum absolute atomic E-state index is 0.134. The van der Waals surface area contributed by atoms with E-state index in [1.807, 2.05) is 0 Å². The number of nitrogen functional groups attached to an aromatic ring is 1. The Kier molecular flexibility index (Phi) is 8.13. The summed E-state index contributed by atoms with van der Waals surface area (Å²) in [6, 6.07) is 4.12. The maximum atomic E-state index is 12.0. The van der Waals surface area contributed by atoms with E-state index in [-0.39, 0.29) is 36.3 Å². The van der Waals surface area contributed by atoms with Crippen molar-refractivity contribution in [3.05, 3.63) is 29.3 Å². The van der Waals surface area contributed by atoms with Gasteiger partial charge in [0.1, 0.15) is 0 Å². The van der Waals surface area contributed by atoms with Crippen LogP contribution in [0.4, 0.5) is 5.69 Å². The van der Waals surface area contributed by atoms with Crippen molar-refractivity contribution < 1.29 is 30.0 Å². The molecule has 0 saturated carbocycles. The molecule has 9 heteroatoms. The van der Waals surface area contributed by atoms with Gasteiger partial charge in [0.25, 0.3) is 11.8 Å². The largest absolute Gasteiger partial charge is 0.399 e. The van der Waals surface area contributed by atoms with E-state index in [1.165, 1.54) is 18.2 Å². The number of nitrogens with two attached hydrogens (primary N) is 1. The summed E-state index contributed by atoms with van der Waals surface area (Å²) in [5, 5.41) is 40.8. The zero-order valence-electron chi connectivity index (χ0n) is 13.1. The fourth-order valence-corrected chi connectivity index (χ4v) is 1.84. The Balaban J connectivity index is 2.71. The number of aliphatic hydroxyl groups is 4. The fraction of sp³-hybridized carbons (Fsp3) is 0.467. The van der Waals surface area contributed by atoms with Gasteiger partial charge in [-0.1, -0.05) is 0 Å². The lowest BCUT2D eigenvalue weighted by Crippen LogP contribution is -2.34. The monoisotopic (exact) mass is 341 g/mol. The van der Waals surface area contributed by atoms with Gasteiger partial charge in [0, 0.05) is 29.9 Å². The average molecular weight is 341 g/mol. The molecule has 1 rings (SSSR count). The number of anilines is 1. The van der Waals surface area contributed by atoms with Crippen molar-refractivity contribution >= 4 is 17.5 Å². The van der Waals surface area contributed by atoms with Crippen LogP contribution in [0.5, 0.6) is 0 Å². The predicted octanol–water partition coefficient (Wildman–Crippen LogP) is -2.18. The Morgan fingerprint density at radius 3 is 2.04 bits per heavy atom. The summed E-state index contributed by atoms with van der Waals surface area (Å²) < 4.78 is 0. The van der Waals surface area contributed by atoms with E-state index in [4.69, 9.17) is 15.9 Å². The van der Waals surface area contributed by atoms with Crippen molar-refractivity contribution in [3.63, 3.8) is 0 Å². The van der Waals surface area contributed by atoms with Crippen LogP contribution in [0.25, 0.3) is 0 Å². The summed E-state index contributed by atoms with van der Waals surface area (Å²) in [5.41, 5.74) is 6.21. The molecule has 8 N–H and O–H groups in total. The number of carbonyl (C=O) groups is 2. The molecular formula is C15H23N3O6. The maximum Gasteiger partial charge on any atom is 0.251 e. The SMILES string of the molecule is Nc1cc(C(=O)NCCC(O)CO)cc(C(=O)NCC(O)CO)c1. The summed E-state index contributed by atoms with van der Waals surface area (Å²) in [4.78, 5) is 24.0. The van der Waals surface area contributed by atoms with E-state index >= 15 is 0 Å². The van der Waals surface area contributed by atoms with Crippen LogP contribution in [0.15, 0.2) is 18.2 Å². The lowest BCUT2D eigenvalue weighted by Gasteiger charge is -2.11. The zero-order chi connectivity index (χ0) is 18.1. The van der Waals surface area contributed by atoms with Gasteiger partial charge in [0.2, 0.25) is 0 Å². The Hall–Kier alpha value is -2.20. The number of nitrogens with one attached hydrogen (secondary N) is 2. The third kappa shape index (κ3) is 6.50. The van der Waals surface area contributed by atoms with E-state index in [0.717, 1.165) is 0 Å². The molecule has 1 aromatic rings. The van der Waals surface area contributed by atoms with Gasteiger partial charge >= 0.3 is 0 Å². The first-order valence-corrected chi connectivity index (χ1v) is 7.42. The van der Waals surface area contributed by atoms with Gasteiger partial charge in [-0.15, -0.1) is 0 Å². The summed E-state index contributed by atoms with van der Waals surface area (Å²) in [6.07, 6.45) is -1.79. The standard InChI is InChI=1S/C15H23N3O6/c16-11-4-9(14(23)17-2-1-12(21)7-19)3-10(5-11)15(24)18-6-13(22)8-20/h3-5,12-13,19-22H,1-2,6-8,16H2,(H,17,23)(H,18,24). The second kappa shape index (κ2) is 9.83. The quantitative estimate of drug-likeness (QED) is 0.251. The normalized spacial score (nSPS) is 13.2. The van der Waals surface area contributed by atoms with Crippen molar-refractivity contribution in [2.45, 2.75) is 18.6 Å². The molecule has 0 bridgehead atoms. The molecule has 0 fully saturated rings. The van der Waals surface area contributed by atoms with E-state index in [9.17, 15) is 19.8 Å². The highest BCUT2D eigenvalue weighted by Crippen LogP contribution is 2.12. The molecule has 0 heterocycles. The summed E-state index contributed by atoms with van der Waals surface area (Å²) >= 11 is 0. The van der Waals surface area contributed by atoms with Gasteiger partial charge in [-0.25, -0.2) is 0 Å². The highest BCUT2D eigenvalue weighted by Gasteiger charge is 2.13. The number of amides is 2. The Labute approximate surface area is 139 Å². The Morgan fingerprint density at radius 2 is 1.50 bits per heavy atom. The summed E-state index contributed by atoms with van der Waals surface area (Å²) in [6.45, 7) is -0.854. The summed E-state index contributed by atoms with van der Waals surface area (Å²) in [7, 11) is 0. The van der Waals surface area contributed by atoms with Crippen LogP contribution in [0, 0.1) is 0 Å². The molecule has 0 aliphatic carbocycles. The van der Waals surface area contributed by atoms with Gasteiger partial charge < -0.3 is 36.8 Å². The Bertz CT molecular complexity index is 566. The van der Waals surface area contributed by atoms with Gasteiger partial charge in [-0.05, 0) is 24.6 Å². The Morgan fingerprint density at radius 1 is 0.958 bits per heavy atom.